The first kappa shape index (κ1) is 14.5. The number of aliphatic hydroxyl groups is 1. The summed E-state index contributed by atoms with van der Waals surface area (Å²) in [5.41, 5.74) is 2.51. The number of nitrogens with one attached hydrogen (secondary N) is 1. The maximum absolute atomic E-state index is 9.97. The quantitative estimate of drug-likeness (QED) is 0.829. The van der Waals surface area contributed by atoms with Gasteiger partial charge in [0, 0.05) is 19.2 Å². The average molecular weight is 263 g/mol. The highest BCUT2D eigenvalue weighted by molar-refractivity contribution is 5.26. The van der Waals surface area contributed by atoms with Crippen molar-refractivity contribution >= 4 is 0 Å². The van der Waals surface area contributed by atoms with Crippen LogP contribution < -0.4 is 5.32 Å². The van der Waals surface area contributed by atoms with Crippen LogP contribution in [0.4, 0.5) is 0 Å². The lowest BCUT2D eigenvalue weighted by Crippen LogP contribution is -2.41. The first-order chi connectivity index (χ1) is 9.31. The summed E-state index contributed by atoms with van der Waals surface area (Å²) in [6.45, 7) is 4.23. The van der Waals surface area contributed by atoms with E-state index >= 15 is 0 Å². The van der Waals surface area contributed by atoms with Crippen LogP contribution in [0.2, 0.25) is 0 Å². The lowest BCUT2D eigenvalue weighted by Gasteiger charge is -2.28. The van der Waals surface area contributed by atoms with Crippen LogP contribution in [0, 0.1) is 0 Å². The van der Waals surface area contributed by atoms with Crippen LogP contribution in [0.25, 0.3) is 0 Å². The minimum absolute atomic E-state index is 0.187. The van der Waals surface area contributed by atoms with Gasteiger partial charge in [-0.05, 0) is 30.9 Å². The molecule has 0 aromatic heterocycles. The van der Waals surface area contributed by atoms with Gasteiger partial charge in [-0.2, -0.15) is 0 Å². The van der Waals surface area contributed by atoms with Crippen LogP contribution in [-0.4, -0.2) is 23.9 Å². The fourth-order valence-electron chi connectivity index (χ4n) is 2.67. The Bertz CT molecular complexity index is 381. The number of hydrogen-bond donors (Lipinski definition) is 2. The molecule has 0 spiro atoms. The number of ether oxygens (including phenoxy) is 1. The van der Waals surface area contributed by atoms with Gasteiger partial charge in [-0.1, -0.05) is 37.1 Å². The molecule has 2 N–H and O–H groups in total. The minimum Gasteiger partial charge on any atom is -0.392 e. The van der Waals surface area contributed by atoms with Gasteiger partial charge in [0.05, 0.1) is 12.7 Å². The molecule has 3 heteroatoms. The highest BCUT2D eigenvalue weighted by Crippen LogP contribution is 2.19. The predicted molar refractivity (Wildman–Crippen MR) is 76.9 cm³/mol. The van der Waals surface area contributed by atoms with Crippen molar-refractivity contribution in [3.63, 3.8) is 0 Å². The Morgan fingerprint density at radius 3 is 2.68 bits per heavy atom. The van der Waals surface area contributed by atoms with Crippen LogP contribution in [-0.2, 0) is 17.9 Å². The maximum atomic E-state index is 9.97. The van der Waals surface area contributed by atoms with Crippen molar-refractivity contribution in [2.75, 3.05) is 6.61 Å². The van der Waals surface area contributed by atoms with Crippen molar-refractivity contribution in [3.8, 4) is 0 Å². The zero-order valence-corrected chi connectivity index (χ0v) is 11.8. The fourth-order valence-corrected chi connectivity index (χ4v) is 2.67. The first-order valence-corrected chi connectivity index (χ1v) is 7.37. The van der Waals surface area contributed by atoms with E-state index in [1.165, 1.54) is 17.5 Å². The third-order valence-electron chi connectivity index (χ3n) is 3.86. The Balaban J connectivity index is 1.91. The summed E-state index contributed by atoms with van der Waals surface area (Å²) < 4.78 is 5.50. The van der Waals surface area contributed by atoms with Crippen molar-refractivity contribution in [2.24, 2.45) is 0 Å². The standard InChI is InChI=1S/C16H25NO2/c1-2-19-12-14-8-4-3-7-13(14)11-17-15-9-5-6-10-16(15)18/h3-4,7-8,15-18H,2,5-6,9-12H2,1H3/t15-,16-/m1/s1. The molecule has 2 atom stereocenters. The molecule has 1 aliphatic carbocycles. The summed E-state index contributed by atoms with van der Waals surface area (Å²) in [7, 11) is 0. The Kier molecular flexibility index (Phi) is 5.83. The number of rotatable bonds is 6. The molecule has 1 aliphatic rings. The molecule has 1 aromatic carbocycles. The normalized spacial score (nSPS) is 23.5. The Morgan fingerprint density at radius 1 is 1.21 bits per heavy atom. The summed E-state index contributed by atoms with van der Waals surface area (Å²) in [6, 6.07) is 8.60. The Morgan fingerprint density at radius 2 is 1.95 bits per heavy atom. The second-order valence-electron chi connectivity index (χ2n) is 5.25. The molecular weight excluding hydrogens is 238 g/mol. The summed E-state index contributed by atoms with van der Waals surface area (Å²) in [4.78, 5) is 0. The van der Waals surface area contributed by atoms with Crippen LogP contribution in [0.5, 0.6) is 0 Å². The van der Waals surface area contributed by atoms with Gasteiger partial charge in [0.15, 0.2) is 0 Å². The van der Waals surface area contributed by atoms with E-state index in [0.717, 1.165) is 32.4 Å². The summed E-state index contributed by atoms with van der Waals surface area (Å²) in [5, 5.41) is 13.5. The minimum atomic E-state index is -0.187. The molecule has 0 amide bonds. The second-order valence-corrected chi connectivity index (χ2v) is 5.25. The third kappa shape index (κ3) is 4.30. The van der Waals surface area contributed by atoms with Crippen molar-refractivity contribution in [1.29, 1.82) is 0 Å². The average Bonchev–Trinajstić information content (AvgIpc) is 2.45. The largest absolute Gasteiger partial charge is 0.392 e. The van der Waals surface area contributed by atoms with Gasteiger partial charge < -0.3 is 15.2 Å². The smallest absolute Gasteiger partial charge is 0.0719 e. The van der Waals surface area contributed by atoms with Gasteiger partial charge in [-0.25, -0.2) is 0 Å². The molecule has 0 radical (unpaired) electrons. The van der Waals surface area contributed by atoms with Gasteiger partial charge in [0.25, 0.3) is 0 Å². The molecule has 0 bridgehead atoms. The topological polar surface area (TPSA) is 41.5 Å². The molecule has 1 saturated carbocycles. The number of benzene rings is 1. The second kappa shape index (κ2) is 7.63. The van der Waals surface area contributed by atoms with Gasteiger partial charge in [0.1, 0.15) is 0 Å². The first-order valence-electron chi connectivity index (χ1n) is 7.37. The monoisotopic (exact) mass is 263 g/mol. The van der Waals surface area contributed by atoms with E-state index in [4.69, 9.17) is 4.74 Å². The summed E-state index contributed by atoms with van der Waals surface area (Å²) >= 11 is 0. The molecule has 106 valence electrons. The molecule has 0 aliphatic heterocycles. The lowest BCUT2D eigenvalue weighted by molar-refractivity contribution is 0.0900. The van der Waals surface area contributed by atoms with Gasteiger partial charge in [-0.3, -0.25) is 0 Å². The highest BCUT2D eigenvalue weighted by Gasteiger charge is 2.22. The summed E-state index contributed by atoms with van der Waals surface area (Å²) in [6.07, 6.45) is 4.19. The van der Waals surface area contributed by atoms with E-state index in [1.54, 1.807) is 0 Å². The Hall–Kier alpha value is -0.900. The third-order valence-corrected chi connectivity index (χ3v) is 3.86. The maximum Gasteiger partial charge on any atom is 0.0719 e. The van der Waals surface area contributed by atoms with Crippen LogP contribution >= 0.6 is 0 Å². The number of hydrogen-bond acceptors (Lipinski definition) is 3. The van der Waals surface area contributed by atoms with Gasteiger partial charge >= 0.3 is 0 Å². The molecule has 19 heavy (non-hydrogen) atoms. The van der Waals surface area contributed by atoms with E-state index < -0.39 is 0 Å². The van der Waals surface area contributed by atoms with Gasteiger partial charge in [0.2, 0.25) is 0 Å². The van der Waals surface area contributed by atoms with Crippen molar-refractivity contribution in [2.45, 2.75) is 57.9 Å². The van der Waals surface area contributed by atoms with E-state index in [2.05, 4.69) is 23.5 Å². The Labute approximate surface area is 116 Å². The lowest BCUT2D eigenvalue weighted by atomic mass is 9.92. The molecular formula is C16H25NO2. The summed E-state index contributed by atoms with van der Waals surface area (Å²) in [5.74, 6) is 0. The molecule has 1 fully saturated rings. The molecule has 0 saturated heterocycles. The van der Waals surface area contributed by atoms with E-state index in [-0.39, 0.29) is 12.1 Å². The number of aliphatic hydroxyl groups excluding tert-OH is 1. The molecule has 3 nitrogen and oxygen atoms in total. The predicted octanol–water partition coefficient (Wildman–Crippen LogP) is 2.62. The van der Waals surface area contributed by atoms with E-state index in [0.29, 0.717) is 6.61 Å². The molecule has 1 aromatic rings. The fraction of sp³-hybridized carbons (Fsp3) is 0.625. The van der Waals surface area contributed by atoms with E-state index in [9.17, 15) is 5.11 Å². The van der Waals surface area contributed by atoms with Gasteiger partial charge in [-0.15, -0.1) is 0 Å². The van der Waals surface area contributed by atoms with Crippen molar-refractivity contribution < 1.29 is 9.84 Å². The van der Waals surface area contributed by atoms with E-state index in [1.807, 2.05) is 13.0 Å². The van der Waals surface area contributed by atoms with Crippen molar-refractivity contribution in [3.05, 3.63) is 35.4 Å². The SMILES string of the molecule is CCOCc1ccccc1CN[C@@H]1CCCC[C@H]1O. The van der Waals surface area contributed by atoms with Crippen LogP contribution in [0.3, 0.4) is 0 Å². The van der Waals surface area contributed by atoms with Crippen LogP contribution in [0.15, 0.2) is 24.3 Å². The van der Waals surface area contributed by atoms with Crippen molar-refractivity contribution in [1.82, 2.24) is 5.32 Å². The van der Waals surface area contributed by atoms with Crippen LogP contribution in [0.1, 0.15) is 43.7 Å². The zero-order valence-electron chi connectivity index (χ0n) is 11.8. The highest BCUT2D eigenvalue weighted by atomic mass is 16.5. The molecule has 0 unspecified atom stereocenters. The molecule has 0 heterocycles. The zero-order chi connectivity index (χ0) is 13.5. The molecule has 2 rings (SSSR count).